The van der Waals surface area contributed by atoms with E-state index in [0.29, 0.717) is 0 Å². The summed E-state index contributed by atoms with van der Waals surface area (Å²) in [6, 6.07) is 0. The van der Waals surface area contributed by atoms with Crippen LogP contribution in [0.2, 0.25) is 0 Å². The van der Waals surface area contributed by atoms with Gasteiger partial charge in [-0.05, 0) is 31.3 Å². The molecule has 4 aliphatic heterocycles. The van der Waals surface area contributed by atoms with Gasteiger partial charge in [0, 0.05) is 12.7 Å². The summed E-state index contributed by atoms with van der Waals surface area (Å²) < 4.78 is 7.89. The molecule has 0 saturated carbocycles. The van der Waals surface area contributed by atoms with E-state index in [2.05, 4.69) is 33.9 Å². The second kappa shape index (κ2) is 5.30. The van der Waals surface area contributed by atoms with E-state index in [9.17, 15) is 5.11 Å². The minimum absolute atomic E-state index is 0.0106. The molecule has 4 aliphatic rings. The summed E-state index contributed by atoms with van der Waals surface area (Å²) in [6.07, 6.45) is 7.83. The average molecular weight is 308 g/mol. The van der Waals surface area contributed by atoms with Crippen molar-refractivity contribution in [2.24, 2.45) is 15.9 Å². The van der Waals surface area contributed by atoms with Gasteiger partial charge >= 0.3 is 0 Å². The van der Waals surface area contributed by atoms with Crippen LogP contribution in [-0.4, -0.2) is 58.1 Å². The summed E-state index contributed by atoms with van der Waals surface area (Å²) >= 11 is 4.56. The molecule has 114 valence electrons. The first-order valence-corrected chi connectivity index (χ1v) is 7.98. The minimum atomic E-state index is -0.0408. The number of aliphatic hydroxyl groups is 1. The molecule has 21 heavy (non-hydrogen) atoms. The Hall–Kier alpha value is -1.05. The number of hydrogen-bond acceptors (Lipinski definition) is 7. The zero-order valence-electron chi connectivity index (χ0n) is 11.8. The highest BCUT2D eigenvalue weighted by Crippen LogP contribution is 2.41. The fraction of sp³-hybridized carbons (Fsp3) is 0.714. The maximum Gasteiger partial charge on any atom is 0.138 e. The second-order valence-electron chi connectivity index (χ2n) is 5.99. The van der Waals surface area contributed by atoms with E-state index >= 15 is 0 Å². The van der Waals surface area contributed by atoms with Gasteiger partial charge in [-0.3, -0.25) is 0 Å². The molecular formula is C14H20N4O2S. The number of ether oxygens (including phenoxy) is 1. The topological polar surface area (TPSA) is 60.7 Å². The van der Waals surface area contributed by atoms with Crippen LogP contribution in [0.4, 0.5) is 0 Å². The lowest BCUT2D eigenvalue weighted by molar-refractivity contribution is -0.0608. The van der Waals surface area contributed by atoms with Crippen LogP contribution < -0.4 is 0 Å². The van der Waals surface area contributed by atoms with Crippen LogP contribution in [0.1, 0.15) is 25.7 Å². The third-order valence-corrected chi connectivity index (χ3v) is 5.13. The fourth-order valence-electron chi connectivity index (χ4n) is 3.70. The van der Waals surface area contributed by atoms with Gasteiger partial charge in [-0.1, -0.05) is 12.8 Å². The van der Waals surface area contributed by atoms with Gasteiger partial charge in [-0.25, -0.2) is 9.98 Å². The Kier molecular flexibility index (Phi) is 3.43. The molecule has 0 aliphatic carbocycles. The molecule has 0 aromatic rings. The highest BCUT2D eigenvalue weighted by atomic mass is 32.1. The largest absolute Gasteiger partial charge is 0.394 e. The van der Waals surface area contributed by atoms with E-state index in [4.69, 9.17) is 4.74 Å². The van der Waals surface area contributed by atoms with Gasteiger partial charge in [0.1, 0.15) is 24.6 Å². The van der Waals surface area contributed by atoms with Crippen molar-refractivity contribution in [3.63, 3.8) is 0 Å². The van der Waals surface area contributed by atoms with Crippen molar-refractivity contribution in [3.05, 3.63) is 11.8 Å². The molecule has 7 heteroatoms. The van der Waals surface area contributed by atoms with E-state index in [-0.39, 0.29) is 31.0 Å². The van der Waals surface area contributed by atoms with E-state index in [1.807, 2.05) is 4.31 Å². The zero-order valence-corrected chi connectivity index (χ0v) is 12.7. The van der Waals surface area contributed by atoms with Crippen molar-refractivity contribution in [1.29, 1.82) is 0 Å². The highest BCUT2D eigenvalue weighted by Gasteiger charge is 2.46. The Balaban J connectivity index is 1.62. The van der Waals surface area contributed by atoms with E-state index in [1.54, 1.807) is 6.34 Å². The summed E-state index contributed by atoms with van der Waals surface area (Å²) in [5.41, 5.74) is 1.38. The summed E-state index contributed by atoms with van der Waals surface area (Å²) in [5, 5.41) is 9.26. The van der Waals surface area contributed by atoms with Crippen molar-refractivity contribution < 1.29 is 9.84 Å². The lowest BCUT2D eigenvalue weighted by Crippen LogP contribution is -2.44. The molecule has 6 nitrogen and oxygen atoms in total. The van der Waals surface area contributed by atoms with Crippen LogP contribution in [0.15, 0.2) is 21.8 Å². The van der Waals surface area contributed by atoms with Crippen molar-refractivity contribution in [1.82, 2.24) is 9.21 Å². The molecule has 1 N–H and O–H groups in total. The molecule has 0 spiro atoms. The minimum Gasteiger partial charge on any atom is -0.394 e. The Labute approximate surface area is 129 Å². The lowest BCUT2D eigenvalue weighted by Gasteiger charge is -2.34. The Morgan fingerprint density at radius 1 is 1.43 bits per heavy atom. The van der Waals surface area contributed by atoms with Crippen LogP contribution in [0.5, 0.6) is 0 Å². The number of aliphatic hydroxyl groups excluding tert-OH is 1. The number of rotatable bonds is 2. The van der Waals surface area contributed by atoms with Gasteiger partial charge < -0.3 is 19.0 Å². The molecule has 0 radical (unpaired) electrons. The average Bonchev–Trinajstić information content (AvgIpc) is 3.07. The Bertz CT molecular complexity index is 521. The number of aliphatic imine (C=N–C) groups is 2. The van der Waals surface area contributed by atoms with Crippen LogP contribution >= 0.6 is 12.8 Å². The first-order chi connectivity index (χ1) is 10.3. The molecule has 0 bridgehead atoms. The molecule has 2 saturated heterocycles. The Morgan fingerprint density at radius 2 is 2.33 bits per heavy atom. The second-order valence-corrected chi connectivity index (χ2v) is 6.48. The smallest absolute Gasteiger partial charge is 0.138 e. The Morgan fingerprint density at radius 3 is 3.14 bits per heavy atom. The van der Waals surface area contributed by atoms with Crippen LogP contribution in [0.3, 0.4) is 0 Å². The maximum absolute atomic E-state index is 9.26. The van der Waals surface area contributed by atoms with Crippen molar-refractivity contribution in [2.45, 2.75) is 44.2 Å². The summed E-state index contributed by atoms with van der Waals surface area (Å²) in [4.78, 5) is 11.3. The maximum atomic E-state index is 9.26. The molecule has 0 aromatic carbocycles. The van der Waals surface area contributed by atoms with Gasteiger partial charge in [0.15, 0.2) is 0 Å². The van der Waals surface area contributed by atoms with Gasteiger partial charge in [0.2, 0.25) is 0 Å². The van der Waals surface area contributed by atoms with Crippen molar-refractivity contribution >= 4 is 25.0 Å². The monoisotopic (exact) mass is 308 g/mol. The quantitative estimate of drug-likeness (QED) is 0.748. The lowest BCUT2D eigenvalue weighted by atomic mass is 9.95. The standard InChI is InChI=1S/C14H20N4O2S/c19-7-10-3-4-11(20-10)17-6-9-2-1-5-18(21)14-12(9)13(17)15-8-16-14/h6,8,10-13,19,21H,1-5,7H2/t10-,11+,12?,13?/m0/s1. The van der Waals surface area contributed by atoms with E-state index in [1.165, 1.54) is 5.57 Å². The molecule has 4 rings (SSSR count). The summed E-state index contributed by atoms with van der Waals surface area (Å²) in [5.74, 6) is 1.20. The number of hydrogen-bond donors (Lipinski definition) is 2. The van der Waals surface area contributed by atoms with Crippen molar-refractivity contribution in [3.8, 4) is 0 Å². The van der Waals surface area contributed by atoms with Gasteiger partial charge in [-0.15, -0.1) is 0 Å². The van der Waals surface area contributed by atoms with Gasteiger partial charge in [0.05, 0.1) is 18.6 Å². The number of thiol groups is 1. The normalized spacial score (nSPS) is 38.2. The van der Waals surface area contributed by atoms with E-state index < -0.39 is 0 Å². The first kappa shape index (κ1) is 13.6. The summed E-state index contributed by atoms with van der Waals surface area (Å²) in [6.45, 7) is 1.01. The van der Waals surface area contributed by atoms with Crippen LogP contribution in [-0.2, 0) is 4.74 Å². The molecule has 4 heterocycles. The number of nitrogens with zero attached hydrogens (tertiary/aromatic N) is 4. The third-order valence-electron chi connectivity index (χ3n) is 4.73. The molecule has 4 atom stereocenters. The molecule has 2 fully saturated rings. The summed E-state index contributed by atoms with van der Waals surface area (Å²) in [7, 11) is 0. The zero-order chi connectivity index (χ0) is 14.4. The molecular weight excluding hydrogens is 288 g/mol. The molecule has 0 aromatic heterocycles. The van der Waals surface area contributed by atoms with Gasteiger partial charge in [0.25, 0.3) is 0 Å². The van der Waals surface area contributed by atoms with Crippen LogP contribution in [0, 0.1) is 5.92 Å². The predicted molar refractivity (Wildman–Crippen MR) is 83.0 cm³/mol. The molecule has 2 unspecified atom stereocenters. The van der Waals surface area contributed by atoms with Gasteiger partial charge in [-0.2, -0.15) is 0 Å². The SMILES string of the molecule is OC[C@@H]1CC[C@H](N2C=C3CCCN(S)C4=NC=NC2C34)O1. The van der Waals surface area contributed by atoms with E-state index in [0.717, 1.165) is 38.1 Å². The highest BCUT2D eigenvalue weighted by molar-refractivity contribution is 7.78. The third kappa shape index (κ3) is 2.18. The fourth-order valence-corrected chi connectivity index (χ4v) is 4.02. The first-order valence-electron chi connectivity index (χ1n) is 7.58. The predicted octanol–water partition coefficient (Wildman–Crippen LogP) is 1.01. The van der Waals surface area contributed by atoms with Crippen LogP contribution in [0.25, 0.3) is 0 Å². The van der Waals surface area contributed by atoms with Crippen molar-refractivity contribution in [2.75, 3.05) is 13.2 Å². The molecule has 0 amide bonds. The number of amidine groups is 1.